The molecular weight excluding hydrogens is 304 g/mol. The van der Waals surface area contributed by atoms with Crippen molar-refractivity contribution in [1.82, 2.24) is 15.1 Å². The van der Waals surface area contributed by atoms with Crippen LogP contribution in [-0.2, 0) is 4.74 Å². The summed E-state index contributed by atoms with van der Waals surface area (Å²) < 4.78 is 5.51. The number of hydrogen-bond donors (Lipinski definition) is 2. The molecular formula is C18H24N4O2. The summed E-state index contributed by atoms with van der Waals surface area (Å²) in [5.41, 5.74) is 3.43. The van der Waals surface area contributed by atoms with Crippen molar-refractivity contribution in [2.45, 2.75) is 19.9 Å². The zero-order valence-electron chi connectivity index (χ0n) is 14.4. The molecule has 0 amide bonds. The van der Waals surface area contributed by atoms with E-state index in [0.717, 1.165) is 48.8 Å². The summed E-state index contributed by atoms with van der Waals surface area (Å²) in [5.74, 6) is 0.963. The maximum Gasteiger partial charge on any atom is 0.148 e. The Balaban J connectivity index is 1.70. The highest BCUT2D eigenvalue weighted by molar-refractivity contribution is 5.71. The van der Waals surface area contributed by atoms with E-state index >= 15 is 0 Å². The summed E-state index contributed by atoms with van der Waals surface area (Å²) in [6, 6.07) is 7.89. The second-order valence-electron chi connectivity index (χ2n) is 6.37. The van der Waals surface area contributed by atoms with Gasteiger partial charge in [0.15, 0.2) is 0 Å². The molecule has 1 aliphatic rings. The Bertz CT molecular complexity index is 680. The van der Waals surface area contributed by atoms with Gasteiger partial charge in [-0.2, -0.15) is 0 Å². The second-order valence-corrected chi connectivity index (χ2v) is 6.37. The lowest BCUT2D eigenvalue weighted by Crippen LogP contribution is -2.46. The van der Waals surface area contributed by atoms with Gasteiger partial charge in [-0.15, -0.1) is 10.2 Å². The summed E-state index contributed by atoms with van der Waals surface area (Å²) in [5, 5.41) is 22.0. The number of likely N-dealkylation sites (N-methyl/N-ethyl adjacent to an activating group) is 1. The number of nitrogens with one attached hydrogen (secondary N) is 1. The van der Waals surface area contributed by atoms with Crippen molar-refractivity contribution < 1.29 is 9.84 Å². The molecule has 1 saturated heterocycles. The van der Waals surface area contributed by atoms with Crippen LogP contribution >= 0.6 is 0 Å². The van der Waals surface area contributed by atoms with E-state index in [9.17, 15) is 5.11 Å². The molecule has 6 heteroatoms. The summed E-state index contributed by atoms with van der Waals surface area (Å²) in [6.45, 7) is 7.16. The molecule has 1 aromatic heterocycles. The van der Waals surface area contributed by atoms with Crippen LogP contribution in [0.1, 0.15) is 11.1 Å². The van der Waals surface area contributed by atoms with Gasteiger partial charge in [0, 0.05) is 18.7 Å². The number of aromatic hydroxyl groups is 1. The van der Waals surface area contributed by atoms with Crippen LogP contribution in [0, 0.1) is 13.8 Å². The molecule has 0 saturated carbocycles. The van der Waals surface area contributed by atoms with Crippen LogP contribution in [-0.4, -0.2) is 59.6 Å². The summed E-state index contributed by atoms with van der Waals surface area (Å²) >= 11 is 0. The molecule has 128 valence electrons. The van der Waals surface area contributed by atoms with Gasteiger partial charge in [-0.1, -0.05) is 6.07 Å². The minimum Gasteiger partial charge on any atom is -0.507 e. The zero-order chi connectivity index (χ0) is 17.1. The second kappa shape index (κ2) is 7.15. The molecule has 1 aliphatic heterocycles. The van der Waals surface area contributed by atoms with Crippen molar-refractivity contribution in [3.05, 3.63) is 35.4 Å². The number of ether oxygens (including phenoxy) is 1. The minimum atomic E-state index is 0.239. The van der Waals surface area contributed by atoms with Gasteiger partial charge in [-0.05, 0) is 50.2 Å². The van der Waals surface area contributed by atoms with Crippen LogP contribution in [0.2, 0.25) is 0 Å². The number of hydrogen-bond acceptors (Lipinski definition) is 6. The molecule has 2 N–H and O–H groups in total. The van der Waals surface area contributed by atoms with Crippen molar-refractivity contribution in [3.63, 3.8) is 0 Å². The fraction of sp³-hybridized carbons (Fsp3) is 0.444. The van der Waals surface area contributed by atoms with E-state index in [2.05, 4.69) is 27.5 Å². The van der Waals surface area contributed by atoms with E-state index in [1.165, 1.54) is 0 Å². The van der Waals surface area contributed by atoms with Crippen molar-refractivity contribution in [2.24, 2.45) is 0 Å². The number of benzene rings is 1. The Morgan fingerprint density at radius 1 is 1.29 bits per heavy atom. The molecule has 3 rings (SSSR count). The van der Waals surface area contributed by atoms with Gasteiger partial charge in [0.25, 0.3) is 0 Å². The van der Waals surface area contributed by atoms with Crippen molar-refractivity contribution in [2.75, 3.05) is 38.7 Å². The van der Waals surface area contributed by atoms with Crippen LogP contribution in [0.4, 0.5) is 5.82 Å². The highest BCUT2D eigenvalue weighted by Crippen LogP contribution is 2.32. The normalized spacial score (nSPS) is 18.5. The first-order valence-corrected chi connectivity index (χ1v) is 8.21. The lowest BCUT2D eigenvalue weighted by molar-refractivity contribution is 0.0109. The number of rotatable bonds is 4. The largest absolute Gasteiger partial charge is 0.507 e. The zero-order valence-corrected chi connectivity index (χ0v) is 14.4. The van der Waals surface area contributed by atoms with Crippen molar-refractivity contribution in [3.8, 4) is 17.0 Å². The first-order valence-electron chi connectivity index (χ1n) is 8.21. The standard InChI is InChI=1S/C18H24N4O2/c1-12-8-13(2)18(16(23)9-12)15-4-5-17(21-20-15)19-10-14-11-24-7-6-22(14)3/h4-5,8-9,14,23H,6-7,10-11H2,1-3H3,(H,19,21). The minimum absolute atomic E-state index is 0.239. The number of aryl methyl sites for hydroxylation is 2. The van der Waals surface area contributed by atoms with Gasteiger partial charge in [-0.3, -0.25) is 4.90 Å². The topological polar surface area (TPSA) is 70.5 Å². The molecule has 2 aromatic rings. The van der Waals surface area contributed by atoms with Gasteiger partial charge in [0.1, 0.15) is 11.6 Å². The third-order valence-electron chi connectivity index (χ3n) is 4.42. The smallest absolute Gasteiger partial charge is 0.148 e. The van der Waals surface area contributed by atoms with Crippen molar-refractivity contribution in [1.29, 1.82) is 0 Å². The van der Waals surface area contributed by atoms with Crippen LogP contribution in [0.25, 0.3) is 11.3 Å². The Morgan fingerprint density at radius 3 is 2.79 bits per heavy atom. The van der Waals surface area contributed by atoms with Crippen LogP contribution in [0.3, 0.4) is 0 Å². The Hall–Kier alpha value is -2.18. The van der Waals surface area contributed by atoms with Gasteiger partial charge < -0.3 is 15.2 Å². The van der Waals surface area contributed by atoms with Crippen LogP contribution < -0.4 is 5.32 Å². The third kappa shape index (κ3) is 3.66. The third-order valence-corrected chi connectivity index (χ3v) is 4.42. The van der Waals surface area contributed by atoms with Crippen LogP contribution in [0.15, 0.2) is 24.3 Å². The monoisotopic (exact) mass is 328 g/mol. The lowest BCUT2D eigenvalue weighted by atomic mass is 10.0. The fourth-order valence-electron chi connectivity index (χ4n) is 3.01. The average Bonchev–Trinajstić information content (AvgIpc) is 2.54. The molecule has 0 bridgehead atoms. The van der Waals surface area contributed by atoms with Crippen LogP contribution in [0.5, 0.6) is 5.75 Å². The quantitative estimate of drug-likeness (QED) is 0.897. The first kappa shape index (κ1) is 16.7. The Morgan fingerprint density at radius 2 is 2.12 bits per heavy atom. The van der Waals surface area contributed by atoms with E-state index in [4.69, 9.17) is 4.74 Å². The highest BCUT2D eigenvalue weighted by atomic mass is 16.5. The SMILES string of the molecule is Cc1cc(C)c(-c2ccc(NCC3COCCN3C)nn2)c(O)c1. The number of morpholine rings is 1. The lowest BCUT2D eigenvalue weighted by Gasteiger charge is -2.32. The molecule has 0 spiro atoms. The molecule has 6 nitrogen and oxygen atoms in total. The summed E-state index contributed by atoms with van der Waals surface area (Å²) in [4.78, 5) is 2.28. The molecule has 0 aliphatic carbocycles. The number of anilines is 1. The number of phenolic OH excluding ortho intramolecular Hbond substituents is 1. The fourth-order valence-corrected chi connectivity index (χ4v) is 3.01. The highest BCUT2D eigenvalue weighted by Gasteiger charge is 2.19. The summed E-state index contributed by atoms with van der Waals surface area (Å²) in [7, 11) is 2.10. The van der Waals surface area contributed by atoms with E-state index in [1.54, 1.807) is 6.07 Å². The predicted octanol–water partition coefficient (Wildman–Crippen LogP) is 2.21. The average molecular weight is 328 g/mol. The Kier molecular flexibility index (Phi) is 4.97. The van der Waals surface area contributed by atoms with E-state index in [0.29, 0.717) is 11.7 Å². The van der Waals surface area contributed by atoms with E-state index in [1.807, 2.05) is 32.0 Å². The molecule has 2 heterocycles. The molecule has 1 fully saturated rings. The van der Waals surface area contributed by atoms with Gasteiger partial charge in [0.2, 0.25) is 0 Å². The Labute approximate surface area is 142 Å². The first-order chi connectivity index (χ1) is 11.5. The molecule has 24 heavy (non-hydrogen) atoms. The maximum atomic E-state index is 10.2. The maximum absolute atomic E-state index is 10.2. The molecule has 1 aromatic carbocycles. The van der Waals surface area contributed by atoms with Gasteiger partial charge >= 0.3 is 0 Å². The van der Waals surface area contributed by atoms with E-state index < -0.39 is 0 Å². The van der Waals surface area contributed by atoms with Gasteiger partial charge in [-0.25, -0.2) is 0 Å². The van der Waals surface area contributed by atoms with E-state index in [-0.39, 0.29) is 5.75 Å². The van der Waals surface area contributed by atoms with Crippen molar-refractivity contribution >= 4 is 5.82 Å². The number of nitrogens with zero attached hydrogens (tertiary/aromatic N) is 3. The molecule has 0 radical (unpaired) electrons. The predicted molar refractivity (Wildman–Crippen MR) is 94.3 cm³/mol. The summed E-state index contributed by atoms with van der Waals surface area (Å²) in [6.07, 6.45) is 0. The number of aromatic nitrogens is 2. The number of phenols is 1. The molecule has 1 atom stereocenters. The molecule has 1 unspecified atom stereocenters. The van der Waals surface area contributed by atoms with Gasteiger partial charge in [0.05, 0.1) is 24.9 Å².